The van der Waals surface area contributed by atoms with Crippen molar-refractivity contribution >= 4 is 69.3 Å². The normalized spacial score (nSPS) is 8.81. The first-order chi connectivity index (χ1) is 7.38. The summed E-state index contributed by atoms with van der Waals surface area (Å²) in [5.74, 6) is 1.17. The second kappa shape index (κ2) is 10.3. The van der Waals surface area contributed by atoms with E-state index in [1.54, 1.807) is 22.8 Å². The number of rotatable bonds is 3. The predicted molar refractivity (Wildman–Crippen MR) is 78.3 cm³/mol. The summed E-state index contributed by atoms with van der Waals surface area (Å²) in [5.41, 5.74) is 2.12. The number of aromatic amines is 1. The zero-order valence-electron chi connectivity index (χ0n) is 9.64. The molecule has 2 aromatic rings. The smallest absolute Gasteiger partial charge is 0.0931 e. The van der Waals surface area contributed by atoms with Crippen molar-refractivity contribution in [1.29, 1.82) is 0 Å². The first-order valence-electron chi connectivity index (χ1n) is 4.82. The number of nitrogens with one attached hydrogen (secondary N) is 1. The second-order valence-electron chi connectivity index (χ2n) is 2.89. The van der Waals surface area contributed by atoms with Crippen molar-refractivity contribution in [3.05, 3.63) is 30.6 Å². The number of aromatic nitrogens is 2. The van der Waals surface area contributed by atoms with Crippen LogP contribution < -0.4 is 0 Å². The molecule has 0 bridgehead atoms. The van der Waals surface area contributed by atoms with E-state index >= 15 is 0 Å². The number of H-pyrrole nitrogens is 1. The van der Waals surface area contributed by atoms with Gasteiger partial charge in [-0.1, -0.05) is 31.3 Å². The van der Waals surface area contributed by atoms with Crippen LogP contribution in [0.15, 0.2) is 30.6 Å². The van der Waals surface area contributed by atoms with Gasteiger partial charge < -0.3 is 4.98 Å². The van der Waals surface area contributed by atoms with Gasteiger partial charge in [-0.15, -0.1) is 11.8 Å². The Labute approximate surface area is 128 Å². The third-order valence-electron chi connectivity index (χ3n) is 1.72. The van der Waals surface area contributed by atoms with Gasteiger partial charge in [0.2, 0.25) is 0 Å². The maximum absolute atomic E-state index is 4.56. The Balaban J connectivity index is 0.000000289. The van der Waals surface area contributed by atoms with Gasteiger partial charge in [-0.2, -0.15) is 0 Å². The summed E-state index contributed by atoms with van der Waals surface area (Å²) >= 11 is 6.25. The van der Waals surface area contributed by atoms with Crippen molar-refractivity contribution in [2.24, 2.45) is 0 Å². The topological polar surface area (TPSA) is 28.7 Å². The maximum Gasteiger partial charge on any atom is 0.0931 e. The van der Waals surface area contributed by atoms with Crippen LogP contribution in [0, 0.1) is 0 Å². The van der Waals surface area contributed by atoms with Crippen LogP contribution in [0.2, 0.25) is 0 Å². The molecule has 0 saturated heterocycles. The Kier molecular flexibility index (Phi) is 10.4. The van der Waals surface area contributed by atoms with Crippen LogP contribution in [0.3, 0.4) is 0 Å². The molecule has 1 aromatic carbocycles. The molecule has 1 radical (unpaired) electrons. The number of nitrogens with zero attached hydrogens (tertiary/aromatic N) is 1. The largest absolute Gasteiger partial charge is 0.345 e. The minimum atomic E-state index is 0. The molecule has 0 atom stereocenters. The Bertz CT molecular complexity index is 373. The van der Waals surface area contributed by atoms with Gasteiger partial charge in [0, 0.05) is 34.3 Å². The summed E-state index contributed by atoms with van der Waals surface area (Å²) in [7, 11) is 0. The molecule has 5 heteroatoms. The summed E-state index contributed by atoms with van der Waals surface area (Å²) < 4.78 is 1.71. The van der Waals surface area contributed by atoms with E-state index < -0.39 is 0 Å². The summed E-state index contributed by atoms with van der Waals surface area (Å²) in [4.78, 5) is 7.07. The minimum absolute atomic E-state index is 0. The Hall–Kier alpha value is 0.130. The van der Waals surface area contributed by atoms with Gasteiger partial charge in [-0.05, 0) is 24.3 Å². The van der Waals surface area contributed by atoms with E-state index in [0.29, 0.717) is 0 Å². The van der Waals surface area contributed by atoms with E-state index in [-0.39, 0.29) is 29.6 Å². The van der Waals surface area contributed by atoms with Gasteiger partial charge in [0.15, 0.2) is 0 Å². The fourth-order valence-corrected chi connectivity index (χ4v) is 1.67. The number of imidazole rings is 1. The zero-order valence-corrected chi connectivity index (χ0v) is 13.3. The fraction of sp³-hybridized carbons (Fsp3) is 0.273. The molecule has 0 unspecified atom stereocenters. The summed E-state index contributed by atoms with van der Waals surface area (Å²) in [6.07, 6.45) is 2.92. The molecule has 0 aliphatic rings. The van der Waals surface area contributed by atoms with E-state index in [1.807, 2.05) is 24.3 Å². The number of fused-ring (bicyclic) bond motifs is 1. The van der Waals surface area contributed by atoms with Crippen molar-refractivity contribution in [2.45, 2.75) is 13.3 Å². The molecule has 81 valence electrons. The molecule has 2 rings (SSSR count). The predicted octanol–water partition coefficient (Wildman–Crippen LogP) is 3.27. The van der Waals surface area contributed by atoms with Crippen LogP contribution in [0.25, 0.3) is 11.0 Å². The van der Waals surface area contributed by atoms with E-state index in [0.717, 1.165) is 11.0 Å². The molecule has 0 aliphatic heterocycles. The molecule has 0 aliphatic carbocycles. The molecule has 0 saturated carbocycles. The molecule has 0 amide bonds. The molecule has 1 N–H and O–H groups in total. The van der Waals surface area contributed by atoms with E-state index in [1.165, 1.54) is 12.2 Å². The quantitative estimate of drug-likeness (QED) is 0.522. The van der Waals surface area contributed by atoms with E-state index in [4.69, 9.17) is 0 Å². The van der Waals surface area contributed by atoms with Crippen molar-refractivity contribution in [2.75, 3.05) is 5.75 Å². The number of hydrogen-bond donors (Lipinski definition) is 1. The van der Waals surface area contributed by atoms with Crippen LogP contribution >= 0.6 is 24.0 Å². The van der Waals surface area contributed by atoms with Gasteiger partial charge in [0.25, 0.3) is 0 Å². The van der Waals surface area contributed by atoms with Gasteiger partial charge in [0.1, 0.15) is 0 Å². The summed E-state index contributed by atoms with van der Waals surface area (Å²) in [6, 6.07) is 7.94. The molecular formula is C11H14N2NaS2. The Morgan fingerprint density at radius 2 is 2.19 bits per heavy atom. The van der Waals surface area contributed by atoms with Crippen molar-refractivity contribution in [3.8, 4) is 0 Å². The van der Waals surface area contributed by atoms with Crippen molar-refractivity contribution < 1.29 is 0 Å². The van der Waals surface area contributed by atoms with Crippen molar-refractivity contribution in [3.63, 3.8) is 0 Å². The third kappa shape index (κ3) is 6.01. The van der Waals surface area contributed by atoms with Gasteiger partial charge in [0.05, 0.1) is 17.4 Å². The monoisotopic (exact) mass is 261 g/mol. The third-order valence-corrected chi connectivity index (χ3v) is 2.91. The standard InChI is InChI=1S/C7H6N2.C4H8S2.Na/c1-2-4-7-6(3-1)8-5-9-7;1-2-3-6-4-5;/h1-5H,(H,8,9);4H,2-3H2,1H3;. The Morgan fingerprint density at radius 3 is 2.75 bits per heavy atom. The summed E-state index contributed by atoms with van der Waals surface area (Å²) in [6.45, 7) is 2.14. The Morgan fingerprint density at radius 1 is 1.44 bits per heavy atom. The summed E-state index contributed by atoms with van der Waals surface area (Å²) in [5, 5.41) is 0. The number of benzene rings is 1. The molecule has 1 heterocycles. The first-order valence-corrected chi connectivity index (χ1v) is 6.34. The fourth-order valence-electron chi connectivity index (χ4n) is 1.05. The first kappa shape index (κ1) is 16.1. The number of para-hydroxylation sites is 2. The molecular weight excluding hydrogens is 247 g/mol. The van der Waals surface area contributed by atoms with E-state index in [2.05, 4.69) is 29.1 Å². The average Bonchev–Trinajstić information content (AvgIpc) is 2.75. The van der Waals surface area contributed by atoms with Crippen LogP contribution in [-0.2, 0) is 0 Å². The van der Waals surface area contributed by atoms with Crippen LogP contribution in [0.4, 0.5) is 0 Å². The average molecular weight is 261 g/mol. The zero-order chi connectivity index (χ0) is 10.9. The van der Waals surface area contributed by atoms with Crippen LogP contribution in [0.5, 0.6) is 0 Å². The number of thiocarbonyl (C=S) groups is 1. The molecule has 16 heavy (non-hydrogen) atoms. The van der Waals surface area contributed by atoms with Crippen LogP contribution in [0.1, 0.15) is 13.3 Å². The van der Waals surface area contributed by atoms with Crippen molar-refractivity contribution in [1.82, 2.24) is 9.97 Å². The van der Waals surface area contributed by atoms with Gasteiger partial charge in [-0.3, -0.25) is 0 Å². The van der Waals surface area contributed by atoms with Crippen LogP contribution in [-0.4, -0.2) is 50.0 Å². The molecule has 1 aromatic heterocycles. The van der Waals surface area contributed by atoms with E-state index in [9.17, 15) is 0 Å². The maximum atomic E-state index is 4.56. The van der Waals surface area contributed by atoms with Gasteiger partial charge in [-0.25, -0.2) is 4.98 Å². The molecule has 0 spiro atoms. The number of hydrogen-bond acceptors (Lipinski definition) is 3. The minimum Gasteiger partial charge on any atom is -0.345 e. The van der Waals surface area contributed by atoms with Gasteiger partial charge >= 0.3 is 0 Å². The SMILES string of the molecule is CCCSC=S.[Na].c1ccc2[nH]cnc2c1. The number of thioether (sulfide) groups is 1. The molecule has 2 nitrogen and oxygen atoms in total. The molecule has 0 fully saturated rings. The second-order valence-corrected chi connectivity index (χ2v) is 4.40.